The molecular weight excluding hydrogens is 170 g/mol. The molecule has 0 N–H and O–H groups in total. The van der Waals surface area contributed by atoms with E-state index < -0.39 is 11.6 Å². The second-order valence-corrected chi connectivity index (χ2v) is 3.02. The molecule has 0 bridgehead atoms. The minimum atomic E-state index is -0.781. The quantitative estimate of drug-likeness (QED) is 0.579. The van der Waals surface area contributed by atoms with Crippen LogP contribution < -0.4 is 0 Å². The number of rotatable bonds is 0. The maximum absolute atomic E-state index is 13.1. The molecule has 66 valence electrons. The first kappa shape index (κ1) is 8.17. The average molecular weight is 178 g/mol. The zero-order valence-electron chi connectivity index (χ0n) is 7.14. The summed E-state index contributed by atoms with van der Waals surface area (Å²) in [6.45, 7) is 1.58. The van der Waals surface area contributed by atoms with E-state index >= 15 is 0 Å². The molecule has 2 aromatic rings. The summed E-state index contributed by atoms with van der Waals surface area (Å²) in [6.07, 6.45) is 0. The van der Waals surface area contributed by atoms with E-state index in [1.54, 1.807) is 25.1 Å². The fourth-order valence-corrected chi connectivity index (χ4v) is 1.46. The Kier molecular flexibility index (Phi) is 1.76. The highest BCUT2D eigenvalue weighted by Gasteiger charge is 2.08. The van der Waals surface area contributed by atoms with E-state index in [-0.39, 0.29) is 0 Å². The lowest BCUT2D eigenvalue weighted by atomic mass is 10.1. The summed E-state index contributed by atoms with van der Waals surface area (Å²) < 4.78 is 26.0. The second-order valence-electron chi connectivity index (χ2n) is 3.02. The van der Waals surface area contributed by atoms with E-state index in [4.69, 9.17) is 0 Å². The summed E-state index contributed by atoms with van der Waals surface area (Å²) in [6, 6.07) is 8.39. The molecule has 0 saturated heterocycles. The van der Waals surface area contributed by atoms with Gasteiger partial charge in [-0.3, -0.25) is 0 Å². The smallest absolute Gasteiger partial charge is 0.162 e. The van der Waals surface area contributed by atoms with Crippen molar-refractivity contribution in [3.63, 3.8) is 0 Å². The number of halogens is 2. The molecule has 0 nitrogen and oxygen atoms in total. The second kappa shape index (κ2) is 2.80. The summed E-state index contributed by atoms with van der Waals surface area (Å²) in [5.74, 6) is -1.53. The minimum Gasteiger partial charge on any atom is -0.204 e. The number of fused-ring (bicyclic) bond motifs is 1. The topological polar surface area (TPSA) is 0 Å². The van der Waals surface area contributed by atoms with Gasteiger partial charge in [0.1, 0.15) is 0 Å². The first-order chi connectivity index (χ1) is 6.20. The number of aryl methyl sites for hydroxylation is 1. The third kappa shape index (κ3) is 1.18. The van der Waals surface area contributed by atoms with Gasteiger partial charge in [-0.2, -0.15) is 0 Å². The molecular formula is C11H8F2. The SMILES string of the molecule is Cc1c(F)c(F)cc2ccccc12. The van der Waals surface area contributed by atoms with Crippen LogP contribution in [0.5, 0.6) is 0 Å². The van der Waals surface area contributed by atoms with Crippen molar-refractivity contribution >= 4 is 10.8 Å². The Morgan fingerprint density at radius 3 is 2.54 bits per heavy atom. The van der Waals surface area contributed by atoms with Gasteiger partial charge in [0.25, 0.3) is 0 Å². The van der Waals surface area contributed by atoms with E-state index in [2.05, 4.69) is 0 Å². The Labute approximate surface area is 74.8 Å². The van der Waals surface area contributed by atoms with Gasteiger partial charge in [0, 0.05) is 0 Å². The molecule has 0 heterocycles. The average Bonchev–Trinajstić information content (AvgIpc) is 2.15. The van der Waals surface area contributed by atoms with Gasteiger partial charge in [0.05, 0.1) is 0 Å². The number of benzene rings is 2. The van der Waals surface area contributed by atoms with Crippen LogP contribution in [-0.4, -0.2) is 0 Å². The fraction of sp³-hybridized carbons (Fsp3) is 0.0909. The summed E-state index contributed by atoms with van der Waals surface area (Å²) in [7, 11) is 0. The molecule has 0 aliphatic heterocycles. The van der Waals surface area contributed by atoms with Crippen LogP contribution in [0.25, 0.3) is 10.8 Å². The molecule has 2 aromatic carbocycles. The Bertz CT molecular complexity index is 461. The van der Waals surface area contributed by atoms with Gasteiger partial charge >= 0.3 is 0 Å². The molecule has 0 aromatic heterocycles. The largest absolute Gasteiger partial charge is 0.204 e. The van der Waals surface area contributed by atoms with E-state index in [1.807, 2.05) is 6.07 Å². The van der Waals surface area contributed by atoms with Crippen LogP contribution in [0.2, 0.25) is 0 Å². The Morgan fingerprint density at radius 1 is 1.08 bits per heavy atom. The molecule has 0 amide bonds. The van der Waals surface area contributed by atoms with Crippen LogP contribution in [0.4, 0.5) is 8.78 Å². The zero-order chi connectivity index (χ0) is 9.42. The molecule has 0 aliphatic carbocycles. The summed E-state index contributed by atoms with van der Waals surface area (Å²) in [5, 5.41) is 1.50. The van der Waals surface area contributed by atoms with Crippen molar-refractivity contribution < 1.29 is 8.78 Å². The fourth-order valence-electron chi connectivity index (χ4n) is 1.46. The van der Waals surface area contributed by atoms with Crippen LogP contribution >= 0.6 is 0 Å². The lowest BCUT2D eigenvalue weighted by molar-refractivity contribution is 0.506. The van der Waals surface area contributed by atoms with E-state index in [0.29, 0.717) is 5.56 Å². The van der Waals surface area contributed by atoms with E-state index in [0.717, 1.165) is 10.8 Å². The molecule has 2 heteroatoms. The molecule has 0 fully saturated rings. The number of hydrogen-bond donors (Lipinski definition) is 0. The van der Waals surface area contributed by atoms with Crippen LogP contribution in [0.15, 0.2) is 30.3 Å². The Balaban J connectivity index is 2.94. The van der Waals surface area contributed by atoms with Gasteiger partial charge in [-0.1, -0.05) is 24.3 Å². The Hall–Kier alpha value is -1.44. The van der Waals surface area contributed by atoms with Crippen molar-refractivity contribution in [1.29, 1.82) is 0 Å². The monoisotopic (exact) mass is 178 g/mol. The van der Waals surface area contributed by atoms with E-state index in [1.165, 1.54) is 6.07 Å². The van der Waals surface area contributed by atoms with E-state index in [9.17, 15) is 8.78 Å². The first-order valence-corrected chi connectivity index (χ1v) is 4.03. The molecule has 2 rings (SSSR count). The van der Waals surface area contributed by atoms with Crippen molar-refractivity contribution in [2.45, 2.75) is 6.92 Å². The lowest BCUT2D eigenvalue weighted by Crippen LogP contribution is -1.90. The van der Waals surface area contributed by atoms with Crippen molar-refractivity contribution in [3.8, 4) is 0 Å². The molecule has 0 saturated carbocycles. The molecule has 13 heavy (non-hydrogen) atoms. The van der Waals surface area contributed by atoms with Crippen LogP contribution in [-0.2, 0) is 0 Å². The van der Waals surface area contributed by atoms with Gasteiger partial charge in [-0.05, 0) is 29.3 Å². The Morgan fingerprint density at radius 2 is 1.77 bits per heavy atom. The first-order valence-electron chi connectivity index (χ1n) is 4.03. The molecule has 0 atom stereocenters. The summed E-state index contributed by atoms with van der Waals surface area (Å²) >= 11 is 0. The molecule has 0 spiro atoms. The van der Waals surface area contributed by atoms with Gasteiger partial charge in [-0.15, -0.1) is 0 Å². The van der Waals surface area contributed by atoms with Crippen molar-refractivity contribution in [3.05, 3.63) is 47.5 Å². The standard InChI is InChI=1S/C11H8F2/c1-7-9-5-3-2-4-8(9)6-10(12)11(7)13/h2-6H,1H3. The molecule has 0 radical (unpaired) electrons. The van der Waals surface area contributed by atoms with Crippen LogP contribution in [0.3, 0.4) is 0 Å². The van der Waals surface area contributed by atoms with Crippen LogP contribution in [0, 0.1) is 18.6 Å². The maximum atomic E-state index is 13.1. The number of hydrogen-bond acceptors (Lipinski definition) is 0. The van der Waals surface area contributed by atoms with Gasteiger partial charge in [-0.25, -0.2) is 8.78 Å². The summed E-state index contributed by atoms with van der Waals surface area (Å²) in [5.41, 5.74) is 0.371. The minimum absolute atomic E-state index is 0.371. The van der Waals surface area contributed by atoms with Crippen LogP contribution in [0.1, 0.15) is 5.56 Å². The highest BCUT2D eigenvalue weighted by Crippen LogP contribution is 2.22. The van der Waals surface area contributed by atoms with Crippen molar-refractivity contribution in [2.24, 2.45) is 0 Å². The summed E-state index contributed by atoms with van der Waals surface area (Å²) in [4.78, 5) is 0. The zero-order valence-corrected chi connectivity index (χ0v) is 7.14. The van der Waals surface area contributed by atoms with Gasteiger partial charge in [0.2, 0.25) is 0 Å². The predicted octanol–water partition coefficient (Wildman–Crippen LogP) is 3.43. The molecule has 0 unspecified atom stereocenters. The predicted molar refractivity (Wildman–Crippen MR) is 48.6 cm³/mol. The lowest BCUT2D eigenvalue weighted by Gasteiger charge is -2.03. The van der Waals surface area contributed by atoms with Crippen molar-refractivity contribution in [1.82, 2.24) is 0 Å². The van der Waals surface area contributed by atoms with Gasteiger partial charge in [0.15, 0.2) is 11.6 Å². The normalized spacial score (nSPS) is 10.7. The van der Waals surface area contributed by atoms with Crippen molar-refractivity contribution in [2.75, 3.05) is 0 Å². The highest BCUT2D eigenvalue weighted by atomic mass is 19.2. The third-order valence-corrected chi connectivity index (χ3v) is 2.19. The van der Waals surface area contributed by atoms with Gasteiger partial charge < -0.3 is 0 Å². The highest BCUT2D eigenvalue weighted by molar-refractivity contribution is 5.85. The maximum Gasteiger partial charge on any atom is 0.162 e. The molecule has 0 aliphatic rings. The third-order valence-electron chi connectivity index (χ3n) is 2.19.